The van der Waals surface area contributed by atoms with Crippen molar-refractivity contribution in [1.29, 1.82) is 0 Å². The third-order valence-corrected chi connectivity index (χ3v) is 3.67. The second kappa shape index (κ2) is 8.49. The monoisotopic (exact) mass is 398 g/mol. The number of nitrogens with one attached hydrogen (secondary N) is 1. The lowest BCUT2D eigenvalue weighted by Gasteiger charge is -2.08. The van der Waals surface area contributed by atoms with Gasteiger partial charge in [-0.25, -0.2) is 8.78 Å². The topological polar surface area (TPSA) is 68.3 Å². The number of carbonyl (C=O) groups excluding carboxylic acids is 2. The van der Waals surface area contributed by atoms with E-state index < -0.39 is 24.0 Å². The van der Waals surface area contributed by atoms with Gasteiger partial charge < -0.3 is 10.1 Å². The Bertz CT molecular complexity index is 742. The number of amides is 1. The maximum Gasteiger partial charge on any atom is 0.310 e. The Hall–Kier alpha value is -2.35. The highest BCUT2D eigenvalue weighted by Gasteiger charge is 2.16. The molecule has 0 aliphatic rings. The van der Waals surface area contributed by atoms with E-state index in [-0.39, 0.29) is 29.1 Å². The molecule has 0 fully saturated rings. The summed E-state index contributed by atoms with van der Waals surface area (Å²) in [6.45, 7) is -0.0246. The molecule has 2 aromatic rings. The Labute approximate surface area is 145 Å². The summed E-state index contributed by atoms with van der Waals surface area (Å²) in [6.07, 6.45) is 2.43. The number of aromatic nitrogens is 1. The Morgan fingerprint density at radius 1 is 1.17 bits per heavy atom. The smallest absolute Gasteiger partial charge is 0.310 e. The number of ether oxygens (including phenoxy) is 1. The number of halogens is 3. The van der Waals surface area contributed by atoms with Crippen molar-refractivity contribution in [3.63, 3.8) is 0 Å². The van der Waals surface area contributed by atoms with E-state index in [9.17, 15) is 18.4 Å². The van der Waals surface area contributed by atoms with Gasteiger partial charge >= 0.3 is 5.97 Å². The first-order valence-corrected chi connectivity index (χ1v) is 7.74. The molecule has 0 saturated heterocycles. The fourth-order valence-corrected chi connectivity index (χ4v) is 2.23. The van der Waals surface area contributed by atoms with Crippen LogP contribution in [0.15, 0.2) is 41.1 Å². The number of nitrogens with zero attached hydrogens (tertiary/aromatic N) is 1. The molecule has 0 saturated carbocycles. The van der Waals surface area contributed by atoms with Crippen molar-refractivity contribution >= 4 is 27.8 Å². The Morgan fingerprint density at radius 3 is 2.58 bits per heavy atom. The molecule has 1 amide bonds. The molecule has 0 unspecified atom stereocenters. The molecule has 0 bridgehead atoms. The molecule has 126 valence electrons. The Morgan fingerprint density at radius 2 is 1.88 bits per heavy atom. The molecule has 1 aromatic carbocycles. The van der Waals surface area contributed by atoms with Crippen molar-refractivity contribution in [2.45, 2.75) is 6.42 Å². The quantitative estimate of drug-likeness (QED) is 0.461. The average Bonchev–Trinajstić information content (AvgIpc) is 2.59. The van der Waals surface area contributed by atoms with Gasteiger partial charge in [0.2, 0.25) is 0 Å². The van der Waals surface area contributed by atoms with Crippen LogP contribution in [-0.2, 0) is 16.0 Å². The van der Waals surface area contributed by atoms with E-state index in [0.717, 1.165) is 6.07 Å². The minimum absolute atomic E-state index is 0.0660. The molecular formula is C16H13BrF2N2O3. The Kier molecular flexibility index (Phi) is 6.36. The van der Waals surface area contributed by atoms with Crippen molar-refractivity contribution in [1.82, 2.24) is 10.3 Å². The summed E-state index contributed by atoms with van der Waals surface area (Å²) in [5.74, 6) is -2.78. The van der Waals surface area contributed by atoms with Gasteiger partial charge in [-0.05, 0) is 40.2 Å². The van der Waals surface area contributed by atoms with Gasteiger partial charge in [-0.1, -0.05) is 0 Å². The van der Waals surface area contributed by atoms with Crippen LogP contribution < -0.4 is 5.32 Å². The minimum Gasteiger partial charge on any atom is -0.464 e. The maximum atomic E-state index is 13.7. The van der Waals surface area contributed by atoms with Crippen LogP contribution in [0, 0.1) is 11.6 Å². The van der Waals surface area contributed by atoms with Gasteiger partial charge in [0.05, 0.1) is 17.4 Å². The van der Waals surface area contributed by atoms with Crippen LogP contribution in [-0.4, -0.2) is 30.0 Å². The summed E-state index contributed by atoms with van der Waals surface area (Å²) in [5.41, 5.74) is 0.0600. The zero-order valence-corrected chi connectivity index (χ0v) is 14.0. The predicted molar refractivity (Wildman–Crippen MR) is 85.3 cm³/mol. The molecule has 0 spiro atoms. The second-order valence-corrected chi connectivity index (χ2v) is 5.57. The summed E-state index contributed by atoms with van der Waals surface area (Å²) in [6, 6.07) is 5.36. The van der Waals surface area contributed by atoms with E-state index in [4.69, 9.17) is 4.74 Å². The van der Waals surface area contributed by atoms with Crippen LogP contribution in [0.4, 0.5) is 8.78 Å². The van der Waals surface area contributed by atoms with Gasteiger partial charge in [0.1, 0.15) is 18.2 Å². The second-order valence-electron chi connectivity index (χ2n) is 4.71. The number of rotatable bonds is 6. The molecular weight excluding hydrogens is 386 g/mol. The highest BCUT2D eigenvalue weighted by atomic mass is 79.9. The first-order valence-electron chi connectivity index (χ1n) is 6.95. The molecule has 24 heavy (non-hydrogen) atoms. The van der Waals surface area contributed by atoms with E-state index in [1.807, 2.05) is 0 Å². The lowest BCUT2D eigenvalue weighted by atomic mass is 10.1. The van der Waals surface area contributed by atoms with Crippen LogP contribution in [0.25, 0.3) is 0 Å². The summed E-state index contributed by atoms with van der Waals surface area (Å²) in [4.78, 5) is 27.2. The third-order valence-electron chi connectivity index (χ3n) is 3.05. The molecule has 1 aromatic heterocycles. The summed E-state index contributed by atoms with van der Waals surface area (Å²) in [7, 11) is 0. The van der Waals surface area contributed by atoms with Crippen LogP contribution in [0.5, 0.6) is 0 Å². The van der Waals surface area contributed by atoms with E-state index in [2.05, 4.69) is 26.2 Å². The summed E-state index contributed by atoms with van der Waals surface area (Å²) < 4.78 is 32.2. The van der Waals surface area contributed by atoms with Crippen molar-refractivity contribution in [2.24, 2.45) is 0 Å². The third kappa shape index (κ3) is 4.82. The number of carbonyl (C=O) groups is 2. The zero-order valence-electron chi connectivity index (χ0n) is 12.4. The molecule has 1 heterocycles. The van der Waals surface area contributed by atoms with Crippen LogP contribution in [0.3, 0.4) is 0 Å². The van der Waals surface area contributed by atoms with E-state index in [0.29, 0.717) is 5.56 Å². The standard InChI is InChI=1S/C16H13BrF2N2O3/c17-12-1-2-13(18)11(15(12)19)9-14(22)24-8-7-21-16(23)10-3-5-20-6-4-10/h1-6H,7-9H2,(H,21,23). The maximum absolute atomic E-state index is 13.7. The molecule has 8 heteroatoms. The largest absolute Gasteiger partial charge is 0.464 e. The number of hydrogen-bond acceptors (Lipinski definition) is 4. The highest BCUT2D eigenvalue weighted by Crippen LogP contribution is 2.22. The molecule has 0 radical (unpaired) electrons. The zero-order chi connectivity index (χ0) is 17.5. The van der Waals surface area contributed by atoms with Crippen molar-refractivity contribution < 1.29 is 23.1 Å². The molecule has 0 aliphatic heterocycles. The van der Waals surface area contributed by atoms with Crippen LogP contribution >= 0.6 is 15.9 Å². The average molecular weight is 399 g/mol. The van der Waals surface area contributed by atoms with Gasteiger partial charge in [0.15, 0.2) is 0 Å². The molecule has 1 N–H and O–H groups in total. The van der Waals surface area contributed by atoms with Crippen LogP contribution in [0.1, 0.15) is 15.9 Å². The number of pyridine rings is 1. The molecule has 5 nitrogen and oxygen atoms in total. The number of esters is 1. The number of benzene rings is 1. The summed E-state index contributed by atoms with van der Waals surface area (Å²) in [5, 5.41) is 2.55. The lowest BCUT2D eigenvalue weighted by molar-refractivity contribution is -0.142. The van der Waals surface area contributed by atoms with E-state index >= 15 is 0 Å². The highest BCUT2D eigenvalue weighted by molar-refractivity contribution is 9.10. The van der Waals surface area contributed by atoms with Crippen molar-refractivity contribution in [3.05, 3.63) is 63.9 Å². The first kappa shape index (κ1) is 18.0. The fourth-order valence-electron chi connectivity index (χ4n) is 1.86. The van der Waals surface area contributed by atoms with Gasteiger partial charge in [-0.3, -0.25) is 14.6 Å². The van der Waals surface area contributed by atoms with Gasteiger partial charge in [0, 0.05) is 23.5 Å². The van der Waals surface area contributed by atoms with Gasteiger partial charge in [-0.15, -0.1) is 0 Å². The van der Waals surface area contributed by atoms with Gasteiger partial charge in [-0.2, -0.15) is 0 Å². The number of hydrogen-bond donors (Lipinski definition) is 1. The van der Waals surface area contributed by atoms with Crippen molar-refractivity contribution in [3.8, 4) is 0 Å². The van der Waals surface area contributed by atoms with Crippen LogP contribution in [0.2, 0.25) is 0 Å². The van der Waals surface area contributed by atoms with E-state index in [1.54, 1.807) is 12.1 Å². The molecule has 2 rings (SSSR count). The SMILES string of the molecule is O=C(Cc1c(F)ccc(Br)c1F)OCCNC(=O)c1ccncc1. The molecule has 0 atom stereocenters. The lowest BCUT2D eigenvalue weighted by Crippen LogP contribution is -2.28. The first-order chi connectivity index (χ1) is 11.5. The normalized spacial score (nSPS) is 10.3. The van der Waals surface area contributed by atoms with Crippen molar-refractivity contribution in [2.75, 3.05) is 13.2 Å². The summed E-state index contributed by atoms with van der Waals surface area (Å²) >= 11 is 2.93. The predicted octanol–water partition coefficient (Wildman–Crippen LogP) is 2.64. The molecule has 0 aliphatic carbocycles. The van der Waals surface area contributed by atoms with Gasteiger partial charge in [0.25, 0.3) is 5.91 Å². The fraction of sp³-hybridized carbons (Fsp3) is 0.188. The van der Waals surface area contributed by atoms with E-state index in [1.165, 1.54) is 18.5 Å². The minimum atomic E-state index is -0.835. The Balaban J connectivity index is 1.78.